The third kappa shape index (κ3) is 8.48. The maximum Gasteiger partial charge on any atom is 0.508 e. The average Bonchev–Trinajstić information content (AvgIpc) is 3.24. The molecule has 1 aliphatic rings. The first kappa shape index (κ1) is 33.4. The number of carbonyl (C=O) groups excluding carboxylic acids is 2. The molecule has 16 nitrogen and oxygen atoms in total. The molecule has 1 saturated heterocycles. The summed E-state index contributed by atoms with van der Waals surface area (Å²) < 4.78 is 54.0. The zero-order chi connectivity index (χ0) is 32.5. The van der Waals surface area contributed by atoms with Crippen molar-refractivity contribution in [2.75, 3.05) is 6.61 Å². The molecule has 17 heteroatoms. The van der Waals surface area contributed by atoms with Crippen molar-refractivity contribution >= 4 is 28.1 Å². The van der Waals surface area contributed by atoms with Gasteiger partial charge in [0.2, 0.25) is 0 Å². The molecule has 3 rings (SSSR count). The predicted molar refractivity (Wildman–Crippen MR) is 147 cm³/mol. The highest BCUT2D eigenvalue weighted by molar-refractivity contribution is 7.86. The monoisotopic (exact) mass is 627 g/mol. The fourth-order valence-corrected chi connectivity index (χ4v) is 4.99. The highest BCUT2D eigenvalue weighted by atomic mass is 32.2. The first-order valence-corrected chi connectivity index (χ1v) is 14.4. The third-order valence-electron chi connectivity index (χ3n) is 5.69. The molecule has 0 radical (unpaired) electrons. The average molecular weight is 628 g/mol. The van der Waals surface area contributed by atoms with E-state index in [0.717, 1.165) is 35.0 Å². The van der Waals surface area contributed by atoms with Crippen LogP contribution < -0.4 is 11.2 Å². The molecule has 1 fully saturated rings. The lowest BCUT2D eigenvalue weighted by Crippen LogP contribution is -2.47. The maximum atomic E-state index is 13.3. The molecule has 1 aromatic carbocycles. The van der Waals surface area contributed by atoms with E-state index in [1.807, 2.05) is 0 Å². The molecule has 0 N–H and O–H groups in total. The van der Waals surface area contributed by atoms with Crippen LogP contribution in [0.3, 0.4) is 0 Å². The Labute approximate surface area is 246 Å². The van der Waals surface area contributed by atoms with Crippen molar-refractivity contribution < 1.29 is 46.1 Å². The summed E-state index contributed by atoms with van der Waals surface area (Å²) in [6.07, 6.45) is -5.42. The van der Waals surface area contributed by atoms with E-state index in [-0.39, 0.29) is 22.2 Å². The zero-order valence-corrected chi connectivity index (χ0v) is 25.4. The molecule has 236 valence electrons. The van der Waals surface area contributed by atoms with Gasteiger partial charge in [-0.1, -0.05) is 0 Å². The fourth-order valence-electron chi connectivity index (χ4n) is 3.88. The minimum atomic E-state index is -4.55. The van der Waals surface area contributed by atoms with E-state index < -0.39 is 79.7 Å². The van der Waals surface area contributed by atoms with Crippen LogP contribution in [0.2, 0.25) is 0 Å². The van der Waals surface area contributed by atoms with Gasteiger partial charge in [0.05, 0.1) is 9.82 Å². The molecule has 0 spiro atoms. The van der Waals surface area contributed by atoms with Crippen LogP contribution in [-0.2, 0) is 33.2 Å². The molecule has 2 heterocycles. The Morgan fingerprint density at radius 2 is 1.63 bits per heavy atom. The molecule has 0 saturated carbocycles. The van der Waals surface area contributed by atoms with Crippen LogP contribution in [0.1, 0.15) is 59.8 Å². The van der Waals surface area contributed by atoms with Crippen molar-refractivity contribution in [3.8, 4) is 0 Å². The maximum absolute atomic E-state index is 13.3. The van der Waals surface area contributed by atoms with Crippen LogP contribution in [-0.4, -0.2) is 64.7 Å². The SMILES string of the molecule is Cc1cn([C@H]2C[C@@H](OS(=O)(=O)c3ccc([N+](=O)[O-])cc3)[C@@H](COC(=O)OC(C)(C)C)O2)c(=O)n(C(=O)OC(C)(C)C)c1=O. The van der Waals surface area contributed by atoms with Gasteiger partial charge in [-0.15, -0.1) is 0 Å². The van der Waals surface area contributed by atoms with E-state index >= 15 is 0 Å². The summed E-state index contributed by atoms with van der Waals surface area (Å²) in [5, 5.41) is 11.0. The van der Waals surface area contributed by atoms with E-state index in [2.05, 4.69) is 0 Å². The molecule has 0 unspecified atom stereocenters. The Kier molecular flexibility index (Phi) is 9.52. The van der Waals surface area contributed by atoms with Gasteiger partial charge in [0, 0.05) is 30.3 Å². The molecule has 0 bridgehead atoms. The lowest BCUT2D eigenvalue weighted by Gasteiger charge is -2.22. The van der Waals surface area contributed by atoms with Gasteiger partial charge in [-0.3, -0.25) is 23.7 Å². The minimum Gasteiger partial charge on any atom is -0.443 e. The number of ether oxygens (including phenoxy) is 4. The van der Waals surface area contributed by atoms with Crippen LogP contribution in [0.4, 0.5) is 15.3 Å². The normalized spacial score (nSPS) is 19.1. The Morgan fingerprint density at radius 1 is 1.05 bits per heavy atom. The summed E-state index contributed by atoms with van der Waals surface area (Å²) in [5.41, 5.74) is -4.35. The van der Waals surface area contributed by atoms with Crippen LogP contribution in [0.25, 0.3) is 0 Å². The lowest BCUT2D eigenvalue weighted by atomic mass is 10.2. The summed E-state index contributed by atoms with van der Waals surface area (Å²) >= 11 is 0. The number of nitrogens with zero attached hydrogens (tertiary/aromatic N) is 3. The number of carbonyl (C=O) groups is 2. The summed E-state index contributed by atoms with van der Waals surface area (Å²) in [7, 11) is -4.55. The highest BCUT2D eigenvalue weighted by Crippen LogP contribution is 2.33. The first-order chi connectivity index (χ1) is 19.7. The van der Waals surface area contributed by atoms with Crippen LogP contribution >= 0.6 is 0 Å². The Hall–Kier alpha value is -4.09. The van der Waals surface area contributed by atoms with Crippen molar-refractivity contribution in [1.29, 1.82) is 0 Å². The standard InChI is InChI=1S/C26H33N3O13S/c1-15-13-27(22(31)28(21(15)30)23(32)40-25(2,3)4)20-12-18(19(39-20)14-38-24(33)41-26(5,6)7)42-43(36,37)17-10-8-16(9-11-17)29(34)35/h8-11,13,18-20H,12,14H2,1-7H3/t18-,19-,20-/m1/s1. The zero-order valence-electron chi connectivity index (χ0n) is 24.6. The Morgan fingerprint density at radius 3 is 2.16 bits per heavy atom. The number of nitro benzene ring substituents is 1. The van der Waals surface area contributed by atoms with Gasteiger partial charge in [-0.25, -0.2) is 14.4 Å². The second-order valence-electron chi connectivity index (χ2n) is 11.6. The van der Waals surface area contributed by atoms with Crippen molar-refractivity contribution in [2.24, 2.45) is 0 Å². The van der Waals surface area contributed by atoms with E-state index in [1.165, 1.54) is 6.92 Å². The quantitative estimate of drug-likeness (QED) is 0.188. The number of rotatable bonds is 7. The molecule has 43 heavy (non-hydrogen) atoms. The summed E-state index contributed by atoms with van der Waals surface area (Å²) in [5.74, 6) is 0. The second-order valence-corrected chi connectivity index (χ2v) is 13.2. The predicted octanol–water partition coefficient (Wildman–Crippen LogP) is 3.02. The van der Waals surface area contributed by atoms with Gasteiger partial charge < -0.3 is 18.9 Å². The number of non-ortho nitro benzene ring substituents is 1. The highest BCUT2D eigenvalue weighted by Gasteiger charge is 2.42. The van der Waals surface area contributed by atoms with Crippen molar-refractivity contribution in [1.82, 2.24) is 9.13 Å². The van der Waals surface area contributed by atoms with Gasteiger partial charge in [-0.2, -0.15) is 13.0 Å². The fraction of sp³-hybridized carbons (Fsp3) is 0.538. The molecule has 1 aromatic heterocycles. The molecular formula is C26H33N3O13S. The smallest absolute Gasteiger partial charge is 0.443 e. The number of aryl methyl sites for hydroxylation is 1. The van der Waals surface area contributed by atoms with Gasteiger partial charge in [-0.05, 0) is 60.6 Å². The van der Waals surface area contributed by atoms with Gasteiger partial charge in [0.25, 0.3) is 21.4 Å². The van der Waals surface area contributed by atoms with E-state index in [0.29, 0.717) is 0 Å². The minimum absolute atomic E-state index is 0.0292. The molecule has 0 amide bonds. The number of nitro groups is 1. The molecule has 3 atom stereocenters. The van der Waals surface area contributed by atoms with E-state index in [1.54, 1.807) is 41.5 Å². The number of aromatic nitrogens is 2. The van der Waals surface area contributed by atoms with Crippen molar-refractivity contribution in [3.63, 3.8) is 0 Å². The number of hydrogen-bond donors (Lipinski definition) is 0. The van der Waals surface area contributed by atoms with Gasteiger partial charge >= 0.3 is 17.9 Å². The van der Waals surface area contributed by atoms with Crippen LogP contribution in [0.15, 0.2) is 44.9 Å². The number of benzene rings is 1. The van der Waals surface area contributed by atoms with E-state index in [4.69, 9.17) is 23.1 Å². The molecule has 0 aliphatic carbocycles. The number of hydrogen-bond acceptors (Lipinski definition) is 13. The molecular weight excluding hydrogens is 594 g/mol. The third-order valence-corrected chi connectivity index (χ3v) is 7.04. The second kappa shape index (κ2) is 12.3. The summed E-state index contributed by atoms with van der Waals surface area (Å²) in [6.45, 7) is 10.2. The molecule has 1 aliphatic heterocycles. The molecule has 2 aromatic rings. The van der Waals surface area contributed by atoms with Gasteiger partial charge in [0.15, 0.2) is 0 Å². The topological polar surface area (TPSA) is 202 Å². The summed E-state index contributed by atoms with van der Waals surface area (Å²) in [6, 6.07) is 3.93. The summed E-state index contributed by atoms with van der Waals surface area (Å²) in [4.78, 5) is 60.8. The lowest BCUT2D eigenvalue weighted by molar-refractivity contribution is -0.384. The van der Waals surface area contributed by atoms with Crippen LogP contribution in [0.5, 0.6) is 0 Å². The largest absolute Gasteiger partial charge is 0.508 e. The van der Waals surface area contributed by atoms with Crippen molar-refractivity contribution in [3.05, 3.63) is 67.0 Å². The van der Waals surface area contributed by atoms with E-state index in [9.17, 15) is 37.7 Å². The van der Waals surface area contributed by atoms with Gasteiger partial charge in [0.1, 0.15) is 36.2 Å². The van der Waals surface area contributed by atoms with Crippen molar-refractivity contribution in [2.45, 2.75) is 89.4 Å². The first-order valence-electron chi connectivity index (χ1n) is 13.0. The van der Waals surface area contributed by atoms with Crippen LogP contribution in [0, 0.1) is 17.0 Å². The Balaban J connectivity index is 1.97. The Bertz CT molecular complexity index is 1610.